The van der Waals surface area contributed by atoms with Crippen LogP contribution in [0, 0.1) is 0 Å². The fourth-order valence-electron chi connectivity index (χ4n) is 1.51. The molecule has 7 nitrogen and oxygen atoms in total. The number of carboxylic acid groups (broad SMARTS) is 1. The average molecular weight is 288 g/mol. The Labute approximate surface area is 116 Å². The summed E-state index contributed by atoms with van der Waals surface area (Å²) >= 11 is 0. The first-order chi connectivity index (χ1) is 9.38. The number of aldehydes is 1. The van der Waals surface area contributed by atoms with E-state index in [4.69, 9.17) is 5.11 Å². The van der Waals surface area contributed by atoms with Crippen LogP contribution < -0.4 is 0 Å². The predicted molar refractivity (Wildman–Crippen MR) is 69.9 cm³/mol. The third kappa shape index (κ3) is 8.54. The number of carboxylic acids is 1. The second-order valence-corrected chi connectivity index (χ2v) is 4.30. The van der Waals surface area contributed by atoms with Crippen LogP contribution in [0.3, 0.4) is 0 Å². The van der Waals surface area contributed by atoms with E-state index in [9.17, 15) is 30.0 Å². The van der Waals surface area contributed by atoms with Crippen molar-refractivity contribution in [2.24, 2.45) is 0 Å². The summed E-state index contributed by atoms with van der Waals surface area (Å²) in [6, 6.07) is 0. The fourth-order valence-corrected chi connectivity index (χ4v) is 1.51. The number of aliphatic hydroxyl groups is 4. The van der Waals surface area contributed by atoms with Gasteiger partial charge in [0.05, 0.1) is 24.7 Å². The largest absolute Gasteiger partial charge is 0.481 e. The normalized spacial score (nSPS) is 18.0. The smallest absolute Gasteiger partial charge is 0.305 e. The summed E-state index contributed by atoms with van der Waals surface area (Å²) < 4.78 is 0. The van der Waals surface area contributed by atoms with Gasteiger partial charge < -0.3 is 25.5 Å². The summed E-state index contributed by atoms with van der Waals surface area (Å²) in [6.45, 7) is 0. The van der Waals surface area contributed by atoms with E-state index in [0.717, 1.165) is 0 Å². The molecule has 0 saturated heterocycles. The van der Waals surface area contributed by atoms with Gasteiger partial charge in [-0.15, -0.1) is 0 Å². The molecule has 0 aliphatic rings. The van der Waals surface area contributed by atoms with Gasteiger partial charge in [0.25, 0.3) is 0 Å². The minimum atomic E-state index is -1.50. The van der Waals surface area contributed by atoms with Crippen molar-refractivity contribution >= 4 is 12.3 Å². The van der Waals surface area contributed by atoms with Gasteiger partial charge >= 0.3 is 5.97 Å². The Morgan fingerprint density at radius 3 is 2.20 bits per heavy atom. The van der Waals surface area contributed by atoms with Crippen LogP contribution >= 0.6 is 0 Å². The number of carbonyl (C=O) groups excluding carboxylic acids is 1. The molecule has 0 unspecified atom stereocenters. The standard InChI is InChI=1S/C13H20O7/c14-6-4-2-1-3-5-10(16)13(20)11(17)7-9(15)8-12(18)19/h1-4,6,9-11,13,15-17,20H,5,7-8H2,(H,18,19)/b3-1+,4-2+/t9-,10-,11+,13+/m0/s1. The SMILES string of the molecule is O=C/C=C/C=C/C[C@H](O)[C@@H](O)[C@H](O)C[C@H](O)CC(=O)O. The molecule has 20 heavy (non-hydrogen) atoms. The number of aliphatic carboxylic acids is 1. The number of allylic oxidation sites excluding steroid dienone is 3. The van der Waals surface area contributed by atoms with E-state index >= 15 is 0 Å². The number of rotatable bonds is 10. The third-order valence-corrected chi connectivity index (χ3v) is 2.53. The first kappa shape index (κ1) is 18.5. The molecule has 0 rings (SSSR count). The molecule has 114 valence electrons. The number of carbonyl (C=O) groups is 2. The number of aliphatic hydroxyl groups excluding tert-OH is 4. The van der Waals surface area contributed by atoms with Gasteiger partial charge in [-0.3, -0.25) is 9.59 Å². The van der Waals surface area contributed by atoms with Gasteiger partial charge in [-0.2, -0.15) is 0 Å². The third-order valence-electron chi connectivity index (χ3n) is 2.53. The van der Waals surface area contributed by atoms with Crippen LogP contribution in [0.2, 0.25) is 0 Å². The fraction of sp³-hybridized carbons (Fsp3) is 0.538. The molecule has 0 amide bonds. The molecular formula is C13H20O7. The van der Waals surface area contributed by atoms with Crippen molar-refractivity contribution in [3.05, 3.63) is 24.3 Å². The zero-order chi connectivity index (χ0) is 15.5. The second kappa shape index (κ2) is 10.3. The molecule has 0 saturated carbocycles. The minimum Gasteiger partial charge on any atom is -0.481 e. The van der Waals surface area contributed by atoms with Crippen LogP contribution in [0.1, 0.15) is 19.3 Å². The highest BCUT2D eigenvalue weighted by molar-refractivity contribution is 5.67. The molecule has 0 bridgehead atoms. The maximum atomic E-state index is 10.3. The van der Waals surface area contributed by atoms with Crippen molar-refractivity contribution in [1.29, 1.82) is 0 Å². The molecule has 5 N–H and O–H groups in total. The molecule has 0 aliphatic carbocycles. The summed E-state index contributed by atoms with van der Waals surface area (Å²) in [7, 11) is 0. The zero-order valence-corrected chi connectivity index (χ0v) is 10.9. The number of hydrogen-bond acceptors (Lipinski definition) is 6. The van der Waals surface area contributed by atoms with Crippen molar-refractivity contribution in [3.8, 4) is 0 Å². The van der Waals surface area contributed by atoms with Gasteiger partial charge in [-0.25, -0.2) is 0 Å². The van der Waals surface area contributed by atoms with E-state index in [1.165, 1.54) is 24.3 Å². The van der Waals surface area contributed by atoms with Crippen LogP contribution in [0.25, 0.3) is 0 Å². The van der Waals surface area contributed by atoms with Gasteiger partial charge in [0, 0.05) is 6.42 Å². The lowest BCUT2D eigenvalue weighted by Gasteiger charge is -2.23. The van der Waals surface area contributed by atoms with Gasteiger partial charge in [-0.1, -0.05) is 18.2 Å². The molecule has 0 aliphatic heterocycles. The Bertz CT molecular complexity index is 351. The van der Waals surface area contributed by atoms with Gasteiger partial charge in [-0.05, 0) is 12.5 Å². The molecular weight excluding hydrogens is 268 g/mol. The highest BCUT2D eigenvalue weighted by Crippen LogP contribution is 2.11. The molecule has 0 spiro atoms. The Morgan fingerprint density at radius 2 is 1.65 bits per heavy atom. The topological polar surface area (TPSA) is 135 Å². The predicted octanol–water partition coefficient (Wildman–Crippen LogP) is -1.00. The summed E-state index contributed by atoms with van der Waals surface area (Å²) in [5.41, 5.74) is 0. The van der Waals surface area contributed by atoms with Crippen LogP contribution in [0.4, 0.5) is 0 Å². The maximum absolute atomic E-state index is 10.3. The second-order valence-electron chi connectivity index (χ2n) is 4.30. The van der Waals surface area contributed by atoms with Gasteiger partial charge in [0.1, 0.15) is 12.4 Å². The summed E-state index contributed by atoms with van der Waals surface area (Å²) in [5, 5.41) is 46.5. The van der Waals surface area contributed by atoms with E-state index < -0.39 is 36.8 Å². The first-order valence-corrected chi connectivity index (χ1v) is 6.09. The van der Waals surface area contributed by atoms with Gasteiger partial charge in [0.2, 0.25) is 0 Å². The van der Waals surface area contributed by atoms with E-state index in [-0.39, 0.29) is 12.8 Å². The van der Waals surface area contributed by atoms with E-state index in [2.05, 4.69) is 0 Å². The summed E-state index contributed by atoms with van der Waals surface area (Å²) in [4.78, 5) is 20.3. The Morgan fingerprint density at radius 1 is 1.00 bits per heavy atom. The number of hydrogen-bond donors (Lipinski definition) is 5. The average Bonchev–Trinajstić information content (AvgIpc) is 2.36. The van der Waals surface area contributed by atoms with E-state index in [1.54, 1.807) is 0 Å². The minimum absolute atomic E-state index is 0.0381. The lowest BCUT2D eigenvalue weighted by Crippen LogP contribution is -2.39. The molecule has 7 heteroatoms. The summed E-state index contributed by atoms with van der Waals surface area (Å²) in [5.74, 6) is -1.22. The monoisotopic (exact) mass is 288 g/mol. The molecule has 4 atom stereocenters. The van der Waals surface area contributed by atoms with Crippen molar-refractivity contribution < 1.29 is 35.1 Å². The Balaban J connectivity index is 4.17. The Kier molecular flexibility index (Phi) is 9.48. The van der Waals surface area contributed by atoms with Gasteiger partial charge in [0.15, 0.2) is 0 Å². The Hall–Kier alpha value is -1.54. The van der Waals surface area contributed by atoms with Crippen LogP contribution in [-0.4, -0.2) is 62.2 Å². The quantitative estimate of drug-likeness (QED) is 0.197. The van der Waals surface area contributed by atoms with Crippen molar-refractivity contribution in [1.82, 2.24) is 0 Å². The van der Waals surface area contributed by atoms with Crippen LogP contribution in [-0.2, 0) is 9.59 Å². The first-order valence-electron chi connectivity index (χ1n) is 6.09. The van der Waals surface area contributed by atoms with Crippen molar-refractivity contribution in [2.45, 2.75) is 43.7 Å². The molecule has 0 aromatic carbocycles. The van der Waals surface area contributed by atoms with Crippen LogP contribution in [0.5, 0.6) is 0 Å². The maximum Gasteiger partial charge on any atom is 0.305 e. The van der Waals surface area contributed by atoms with Crippen LogP contribution in [0.15, 0.2) is 24.3 Å². The molecule has 0 radical (unpaired) electrons. The molecule has 0 aromatic heterocycles. The highest BCUT2D eigenvalue weighted by Gasteiger charge is 2.26. The molecule has 0 fully saturated rings. The lowest BCUT2D eigenvalue weighted by molar-refractivity contribution is -0.140. The summed E-state index contributed by atoms with van der Waals surface area (Å²) in [6.07, 6.45) is -0.0792. The van der Waals surface area contributed by atoms with Crippen molar-refractivity contribution in [2.75, 3.05) is 0 Å². The molecule has 0 heterocycles. The molecule has 0 aromatic rings. The lowest BCUT2D eigenvalue weighted by atomic mass is 9.99. The van der Waals surface area contributed by atoms with Crippen molar-refractivity contribution in [3.63, 3.8) is 0 Å². The highest BCUT2D eigenvalue weighted by atomic mass is 16.4. The zero-order valence-electron chi connectivity index (χ0n) is 10.9. The van der Waals surface area contributed by atoms with E-state index in [1.807, 2.05) is 0 Å². The van der Waals surface area contributed by atoms with E-state index in [0.29, 0.717) is 6.29 Å².